The standard InChI is InChI=1S/C26H21F2IN2O3/c1-33-19-9-10-22-21(14-19)20-11-12-31(25(32)16-3-2-4-17(29)13-16)24(23(20)30-22)15-5-7-18(8-6-15)34-26(27)28/h2-10,13-14,24,26,30H,11-12H2,1H3/t24-/m1/s1. The van der Waals surface area contributed by atoms with E-state index in [9.17, 15) is 13.6 Å². The first kappa shape index (κ1) is 22.6. The minimum Gasteiger partial charge on any atom is -0.497 e. The van der Waals surface area contributed by atoms with Gasteiger partial charge in [0.15, 0.2) is 0 Å². The van der Waals surface area contributed by atoms with Gasteiger partial charge in [0.2, 0.25) is 0 Å². The Balaban J connectivity index is 1.62. The molecule has 0 spiro atoms. The number of aromatic amines is 1. The number of rotatable bonds is 5. The van der Waals surface area contributed by atoms with E-state index in [0.29, 0.717) is 18.5 Å². The molecular weight excluding hydrogens is 553 g/mol. The van der Waals surface area contributed by atoms with Crippen LogP contribution < -0.4 is 9.47 Å². The molecule has 3 aromatic carbocycles. The van der Waals surface area contributed by atoms with Gasteiger partial charge < -0.3 is 19.4 Å². The van der Waals surface area contributed by atoms with Crippen molar-refractivity contribution < 1.29 is 23.0 Å². The van der Waals surface area contributed by atoms with Crippen LogP contribution in [0.2, 0.25) is 0 Å². The molecule has 0 saturated heterocycles. The van der Waals surface area contributed by atoms with Crippen molar-refractivity contribution in [1.29, 1.82) is 0 Å². The van der Waals surface area contributed by atoms with Gasteiger partial charge in [-0.1, -0.05) is 18.2 Å². The van der Waals surface area contributed by atoms with E-state index in [1.54, 1.807) is 19.2 Å². The molecule has 1 aliphatic rings. The summed E-state index contributed by atoms with van der Waals surface area (Å²) in [6.45, 7) is -2.38. The summed E-state index contributed by atoms with van der Waals surface area (Å²) < 4.78 is 36.2. The van der Waals surface area contributed by atoms with Crippen molar-refractivity contribution in [2.24, 2.45) is 0 Å². The highest BCUT2D eigenvalue weighted by Crippen LogP contribution is 2.40. The summed E-state index contributed by atoms with van der Waals surface area (Å²) in [5, 5.41) is 1.05. The lowest BCUT2D eigenvalue weighted by Gasteiger charge is -2.36. The van der Waals surface area contributed by atoms with Gasteiger partial charge in [0.1, 0.15) is 11.5 Å². The van der Waals surface area contributed by atoms with Crippen LogP contribution in [0.25, 0.3) is 10.9 Å². The van der Waals surface area contributed by atoms with Crippen molar-refractivity contribution in [2.75, 3.05) is 13.7 Å². The van der Waals surface area contributed by atoms with E-state index in [1.165, 1.54) is 12.1 Å². The topological polar surface area (TPSA) is 54.6 Å². The van der Waals surface area contributed by atoms with E-state index in [1.807, 2.05) is 47.4 Å². The molecule has 0 radical (unpaired) electrons. The largest absolute Gasteiger partial charge is 0.497 e. The fourth-order valence-corrected chi connectivity index (χ4v) is 5.12. The van der Waals surface area contributed by atoms with E-state index < -0.39 is 12.7 Å². The van der Waals surface area contributed by atoms with Crippen molar-refractivity contribution in [3.8, 4) is 11.5 Å². The van der Waals surface area contributed by atoms with E-state index in [0.717, 1.165) is 37.0 Å². The number of amides is 1. The summed E-state index contributed by atoms with van der Waals surface area (Å²) in [4.78, 5) is 19.0. The number of benzene rings is 3. The van der Waals surface area contributed by atoms with Gasteiger partial charge in [0.25, 0.3) is 5.91 Å². The van der Waals surface area contributed by atoms with Crippen LogP contribution >= 0.6 is 22.6 Å². The molecule has 1 N–H and O–H groups in total. The first-order chi connectivity index (χ1) is 16.4. The summed E-state index contributed by atoms with van der Waals surface area (Å²) in [5.41, 5.74) is 4.40. The van der Waals surface area contributed by atoms with E-state index >= 15 is 0 Å². The molecule has 1 aliphatic heterocycles. The molecule has 0 unspecified atom stereocenters. The Morgan fingerprint density at radius 1 is 1.09 bits per heavy atom. The van der Waals surface area contributed by atoms with Crippen LogP contribution in [-0.2, 0) is 6.42 Å². The lowest BCUT2D eigenvalue weighted by Crippen LogP contribution is -2.40. The van der Waals surface area contributed by atoms with Crippen molar-refractivity contribution in [3.63, 3.8) is 0 Å². The second-order valence-corrected chi connectivity index (χ2v) is 9.28. The number of fused-ring (bicyclic) bond motifs is 3. The molecule has 4 aromatic rings. The maximum atomic E-state index is 13.6. The Morgan fingerprint density at radius 3 is 2.56 bits per heavy atom. The molecule has 1 atom stereocenters. The first-order valence-corrected chi connectivity index (χ1v) is 11.8. The SMILES string of the molecule is COc1ccc2[nH]c3c(c2c1)CCN(C(=O)c1cccc(I)c1)[C@@H]3c1ccc(OC(F)F)cc1. The molecule has 8 heteroatoms. The average molecular weight is 574 g/mol. The van der Waals surface area contributed by atoms with Crippen molar-refractivity contribution in [3.05, 3.63) is 92.7 Å². The molecule has 0 bridgehead atoms. The van der Waals surface area contributed by atoms with Crippen LogP contribution in [0.1, 0.15) is 33.2 Å². The van der Waals surface area contributed by atoms with Crippen LogP contribution in [0.4, 0.5) is 8.78 Å². The third-order valence-corrected chi connectivity index (χ3v) is 6.76. The van der Waals surface area contributed by atoms with Crippen LogP contribution in [-0.4, -0.2) is 36.1 Å². The van der Waals surface area contributed by atoms with Gasteiger partial charge in [-0.15, -0.1) is 0 Å². The molecule has 1 amide bonds. The van der Waals surface area contributed by atoms with Crippen LogP contribution in [0.3, 0.4) is 0 Å². The van der Waals surface area contributed by atoms with E-state index in [4.69, 9.17) is 4.74 Å². The van der Waals surface area contributed by atoms with Gasteiger partial charge in [-0.05, 0) is 88.7 Å². The minimum atomic E-state index is -2.89. The first-order valence-electron chi connectivity index (χ1n) is 10.7. The number of hydrogen-bond acceptors (Lipinski definition) is 3. The number of hydrogen-bond donors (Lipinski definition) is 1. The average Bonchev–Trinajstić information content (AvgIpc) is 3.21. The van der Waals surface area contributed by atoms with Gasteiger partial charge in [-0.3, -0.25) is 4.79 Å². The summed E-state index contributed by atoms with van der Waals surface area (Å²) in [7, 11) is 1.63. The van der Waals surface area contributed by atoms with Crippen LogP contribution in [0.5, 0.6) is 11.5 Å². The van der Waals surface area contributed by atoms with Gasteiger partial charge in [-0.25, -0.2) is 0 Å². The van der Waals surface area contributed by atoms with Crippen molar-refractivity contribution >= 4 is 39.4 Å². The van der Waals surface area contributed by atoms with Gasteiger partial charge in [-0.2, -0.15) is 8.78 Å². The zero-order valence-corrected chi connectivity index (χ0v) is 20.4. The number of methoxy groups -OCH3 is 1. The maximum absolute atomic E-state index is 13.6. The van der Waals surface area contributed by atoms with Gasteiger partial charge in [0.05, 0.1) is 13.2 Å². The van der Waals surface area contributed by atoms with Crippen molar-refractivity contribution in [1.82, 2.24) is 9.88 Å². The monoisotopic (exact) mass is 574 g/mol. The fraction of sp³-hybridized carbons (Fsp3) is 0.192. The number of carbonyl (C=O) groups excluding carboxylic acids is 1. The quantitative estimate of drug-likeness (QED) is 0.290. The predicted molar refractivity (Wildman–Crippen MR) is 134 cm³/mol. The maximum Gasteiger partial charge on any atom is 0.387 e. The molecule has 34 heavy (non-hydrogen) atoms. The molecule has 2 heterocycles. The number of nitrogens with zero attached hydrogens (tertiary/aromatic N) is 1. The normalized spacial score (nSPS) is 15.4. The smallest absolute Gasteiger partial charge is 0.387 e. The fourth-order valence-electron chi connectivity index (χ4n) is 4.58. The third kappa shape index (κ3) is 4.22. The Hall–Kier alpha value is -3.14. The zero-order valence-electron chi connectivity index (χ0n) is 18.2. The Bertz CT molecular complexity index is 1350. The summed E-state index contributed by atoms with van der Waals surface area (Å²) >= 11 is 2.19. The van der Waals surface area contributed by atoms with E-state index in [2.05, 4.69) is 32.3 Å². The number of nitrogens with one attached hydrogen (secondary N) is 1. The van der Waals surface area contributed by atoms with E-state index in [-0.39, 0.29) is 11.7 Å². The molecule has 1 aromatic heterocycles. The number of halogens is 3. The van der Waals surface area contributed by atoms with Crippen LogP contribution in [0.15, 0.2) is 66.7 Å². The summed E-state index contributed by atoms with van der Waals surface area (Å²) in [6.07, 6.45) is 0.682. The number of H-pyrrole nitrogens is 1. The second-order valence-electron chi connectivity index (χ2n) is 8.04. The molecule has 174 valence electrons. The highest BCUT2D eigenvalue weighted by atomic mass is 127. The Kier molecular flexibility index (Phi) is 6.16. The predicted octanol–water partition coefficient (Wildman–Crippen LogP) is 6.17. The lowest BCUT2D eigenvalue weighted by molar-refractivity contribution is -0.0498. The molecule has 0 fully saturated rings. The number of ether oxygens (including phenoxy) is 2. The number of alkyl halides is 2. The summed E-state index contributed by atoms with van der Waals surface area (Å²) in [5.74, 6) is 0.752. The van der Waals surface area contributed by atoms with Gasteiger partial charge >= 0.3 is 6.61 Å². The molecule has 5 rings (SSSR count). The lowest BCUT2D eigenvalue weighted by atomic mass is 9.91. The molecular formula is C26H21F2IN2O3. The number of aromatic nitrogens is 1. The minimum absolute atomic E-state index is 0.0756. The third-order valence-electron chi connectivity index (χ3n) is 6.09. The Labute approximate surface area is 208 Å². The highest BCUT2D eigenvalue weighted by Gasteiger charge is 2.35. The molecule has 0 saturated carbocycles. The molecule has 0 aliphatic carbocycles. The van der Waals surface area contributed by atoms with Crippen LogP contribution in [0, 0.1) is 3.57 Å². The molecule has 5 nitrogen and oxygen atoms in total. The zero-order chi connectivity index (χ0) is 23.8. The second kappa shape index (κ2) is 9.25. The summed E-state index contributed by atoms with van der Waals surface area (Å²) in [6, 6.07) is 19.4. The highest BCUT2D eigenvalue weighted by molar-refractivity contribution is 14.1. The Morgan fingerprint density at radius 2 is 1.85 bits per heavy atom. The van der Waals surface area contributed by atoms with Crippen molar-refractivity contribution in [2.45, 2.75) is 19.1 Å². The number of carbonyl (C=O) groups is 1. The van der Waals surface area contributed by atoms with Gasteiger partial charge in [0, 0.05) is 32.3 Å².